The van der Waals surface area contributed by atoms with E-state index < -0.39 is 0 Å². The second kappa shape index (κ2) is 5.69. The molecule has 0 aliphatic carbocycles. The Balaban J connectivity index is 2.44. The van der Waals surface area contributed by atoms with Gasteiger partial charge in [-0.1, -0.05) is 29.8 Å². The van der Waals surface area contributed by atoms with Crippen molar-refractivity contribution in [2.45, 2.75) is 13.0 Å². The molecule has 1 N–H and O–H groups in total. The molecule has 1 heterocycles. The van der Waals surface area contributed by atoms with Gasteiger partial charge in [0, 0.05) is 8.45 Å². The molecule has 0 aliphatic heterocycles. The Hall–Kier alpha value is -0.100. The Morgan fingerprint density at radius 2 is 2.06 bits per heavy atom. The lowest BCUT2D eigenvalue weighted by molar-refractivity contribution is 0.700. The summed E-state index contributed by atoms with van der Waals surface area (Å²) in [6.45, 7) is 2.05. The normalized spacial score (nSPS) is 12.7. The molecule has 1 nitrogen and oxygen atoms in total. The highest BCUT2D eigenvalue weighted by molar-refractivity contribution is 14.1. The van der Waals surface area contributed by atoms with Crippen molar-refractivity contribution in [1.82, 2.24) is 5.32 Å². The maximum absolute atomic E-state index is 6.15. The lowest BCUT2D eigenvalue weighted by atomic mass is 10.1. The Bertz CT molecular complexity index is 504. The van der Waals surface area contributed by atoms with Gasteiger partial charge >= 0.3 is 0 Å². The number of aryl methyl sites for hydroxylation is 1. The smallest absolute Gasteiger partial charge is 0.0961 e. The summed E-state index contributed by atoms with van der Waals surface area (Å²) in [5.41, 5.74) is 2.45. The van der Waals surface area contributed by atoms with Gasteiger partial charge in [-0.15, -0.1) is 11.3 Å². The molecular weight excluding hydrogens is 365 g/mol. The van der Waals surface area contributed by atoms with Crippen molar-refractivity contribution >= 4 is 45.5 Å². The van der Waals surface area contributed by atoms with Crippen LogP contribution in [0.3, 0.4) is 0 Å². The zero-order valence-electron chi connectivity index (χ0n) is 9.63. The Labute approximate surface area is 124 Å². The standard InChI is InChI=1S/C13H13ClINS/c1-8-7-11(17-13(8)14)12(16-2)9-5-3-4-6-10(9)15/h3-7,12,16H,1-2H3. The van der Waals surface area contributed by atoms with Gasteiger partial charge in [-0.25, -0.2) is 0 Å². The van der Waals surface area contributed by atoms with Crippen molar-refractivity contribution in [3.8, 4) is 0 Å². The van der Waals surface area contributed by atoms with Gasteiger partial charge in [-0.2, -0.15) is 0 Å². The van der Waals surface area contributed by atoms with Crippen LogP contribution in [-0.2, 0) is 0 Å². The summed E-state index contributed by atoms with van der Waals surface area (Å²) >= 11 is 10.2. The third-order valence-corrected chi connectivity index (χ3v) is 5.27. The van der Waals surface area contributed by atoms with Crippen LogP contribution >= 0.6 is 45.5 Å². The van der Waals surface area contributed by atoms with Crippen molar-refractivity contribution < 1.29 is 0 Å². The van der Waals surface area contributed by atoms with Crippen molar-refractivity contribution in [3.63, 3.8) is 0 Å². The molecule has 2 aromatic rings. The minimum absolute atomic E-state index is 0.222. The van der Waals surface area contributed by atoms with Crippen LogP contribution in [-0.4, -0.2) is 7.05 Å². The van der Waals surface area contributed by atoms with E-state index in [9.17, 15) is 0 Å². The average Bonchev–Trinajstić information content (AvgIpc) is 2.63. The molecule has 1 aromatic heterocycles. The minimum Gasteiger partial charge on any atom is -0.309 e. The van der Waals surface area contributed by atoms with Crippen molar-refractivity contribution in [3.05, 3.63) is 54.2 Å². The first-order valence-corrected chi connectivity index (χ1v) is 7.58. The van der Waals surface area contributed by atoms with E-state index in [4.69, 9.17) is 11.6 Å². The monoisotopic (exact) mass is 377 g/mol. The third kappa shape index (κ3) is 2.84. The number of thiophene rings is 1. The van der Waals surface area contributed by atoms with Crippen LogP contribution in [0.2, 0.25) is 4.34 Å². The summed E-state index contributed by atoms with van der Waals surface area (Å²) in [6.07, 6.45) is 0. The summed E-state index contributed by atoms with van der Waals surface area (Å²) < 4.78 is 2.15. The van der Waals surface area contributed by atoms with Crippen LogP contribution in [0.1, 0.15) is 22.0 Å². The molecular formula is C13H13ClINS. The van der Waals surface area contributed by atoms with E-state index in [-0.39, 0.29) is 6.04 Å². The Morgan fingerprint density at radius 3 is 2.59 bits per heavy atom. The first-order chi connectivity index (χ1) is 8.13. The maximum atomic E-state index is 6.15. The fourth-order valence-corrected chi connectivity index (χ4v) is 3.83. The second-order valence-electron chi connectivity index (χ2n) is 3.85. The largest absolute Gasteiger partial charge is 0.309 e. The second-order valence-corrected chi connectivity index (χ2v) is 6.70. The van der Waals surface area contributed by atoms with Gasteiger partial charge in [0.05, 0.1) is 10.4 Å². The topological polar surface area (TPSA) is 12.0 Å². The number of nitrogens with one attached hydrogen (secondary N) is 1. The van der Waals surface area contributed by atoms with Crippen LogP contribution in [0.25, 0.3) is 0 Å². The number of hydrogen-bond acceptors (Lipinski definition) is 2. The van der Waals surface area contributed by atoms with Crippen LogP contribution in [0.15, 0.2) is 30.3 Å². The first kappa shape index (κ1) is 13.3. The van der Waals surface area contributed by atoms with Gasteiger partial charge in [0.1, 0.15) is 0 Å². The molecule has 0 fully saturated rings. The Kier molecular flexibility index (Phi) is 4.47. The van der Waals surface area contributed by atoms with Crippen molar-refractivity contribution in [2.24, 2.45) is 0 Å². The quantitative estimate of drug-likeness (QED) is 0.769. The molecule has 0 saturated carbocycles. The number of hydrogen-bond donors (Lipinski definition) is 1. The predicted molar refractivity (Wildman–Crippen MR) is 84.1 cm³/mol. The molecule has 0 radical (unpaired) electrons. The summed E-state index contributed by atoms with van der Waals surface area (Å²) in [5.74, 6) is 0. The molecule has 4 heteroatoms. The number of rotatable bonds is 3. The van der Waals surface area contributed by atoms with E-state index in [1.807, 2.05) is 14.0 Å². The van der Waals surface area contributed by atoms with Gasteiger partial charge in [0.15, 0.2) is 0 Å². The van der Waals surface area contributed by atoms with Gasteiger partial charge in [0.2, 0.25) is 0 Å². The van der Waals surface area contributed by atoms with Gasteiger partial charge in [-0.3, -0.25) is 0 Å². The highest BCUT2D eigenvalue weighted by atomic mass is 127. The van der Waals surface area contributed by atoms with Crippen LogP contribution in [0, 0.1) is 10.5 Å². The molecule has 1 aromatic carbocycles. The zero-order valence-corrected chi connectivity index (χ0v) is 13.4. The van der Waals surface area contributed by atoms with E-state index in [1.54, 1.807) is 11.3 Å². The van der Waals surface area contributed by atoms with Gasteiger partial charge < -0.3 is 5.32 Å². The lowest BCUT2D eigenvalue weighted by Gasteiger charge is -2.16. The molecule has 0 saturated heterocycles. The van der Waals surface area contributed by atoms with Crippen LogP contribution in [0.5, 0.6) is 0 Å². The number of benzene rings is 1. The average molecular weight is 378 g/mol. The van der Waals surface area contributed by atoms with E-state index in [0.717, 1.165) is 9.90 Å². The van der Waals surface area contributed by atoms with E-state index in [1.165, 1.54) is 14.0 Å². The first-order valence-electron chi connectivity index (χ1n) is 5.31. The highest BCUT2D eigenvalue weighted by Crippen LogP contribution is 2.35. The fourth-order valence-electron chi connectivity index (χ4n) is 1.79. The predicted octanol–water partition coefficient (Wildman–Crippen LogP) is 4.62. The third-order valence-electron chi connectivity index (χ3n) is 2.67. The molecule has 0 spiro atoms. The minimum atomic E-state index is 0.222. The highest BCUT2D eigenvalue weighted by Gasteiger charge is 2.17. The SMILES string of the molecule is CNC(c1cc(C)c(Cl)s1)c1ccccc1I. The molecule has 1 unspecified atom stereocenters. The summed E-state index contributed by atoms with van der Waals surface area (Å²) in [6, 6.07) is 10.8. The molecule has 90 valence electrons. The fraction of sp³-hybridized carbons (Fsp3) is 0.231. The molecule has 1 atom stereocenters. The van der Waals surface area contributed by atoms with Gasteiger partial charge in [0.25, 0.3) is 0 Å². The zero-order chi connectivity index (χ0) is 12.4. The molecule has 17 heavy (non-hydrogen) atoms. The van der Waals surface area contributed by atoms with Crippen molar-refractivity contribution in [2.75, 3.05) is 7.05 Å². The van der Waals surface area contributed by atoms with Crippen molar-refractivity contribution in [1.29, 1.82) is 0 Å². The Morgan fingerprint density at radius 1 is 1.35 bits per heavy atom. The molecule has 0 amide bonds. The van der Waals surface area contributed by atoms with E-state index >= 15 is 0 Å². The molecule has 2 rings (SSSR count). The maximum Gasteiger partial charge on any atom is 0.0961 e. The summed E-state index contributed by atoms with van der Waals surface area (Å²) in [5, 5.41) is 3.36. The summed E-state index contributed by atoms with van der Waals surface area (Å²) in [4.78, 5) is 1.26. The molecule has 0 aliphatic rings. The van der Waals surface area contributed by atoms with Gasteiger partial charge in [-0.05, 0) is 59.8 Å². The van der Waals surface area contributed by atoms with Crippen LogP contribution in [0.4, 0.5) is 0 Å². The lowest BCUT2D eigenvalue weighted by Crippen LogP contribution is -2.17. The van der Waals surface area contributed by atoms with Crippen LogP contribution < -0.4 is 5.32 Å². The van der Waals surface area contributed by atoms with E-state index in [2.05, 4.69) is 58.2 Å². The van der Waals surface area contributed by atoms with E-state index in [0.29, 0.717) is 0 Å². The summed E-state index contributed by atoms with van der Waals surface area (Å²) in [7, 11) is 1.98. The molecule has 0 bridgehead atoms. The number of halogens is 2.